The Bertz CT molecular complexity index is 598. The Kier molecular flexibility index (Phi) is 3.75. The second kappa shape index (κ2) is 5.48. The molecule has 1 aromatic heterocycles. The summed E-state index contributed by atoms with van der Waals surface area (Å²) in [6, 6.07) is 10.0. The van der Waals surface area contributed by atoms with Gasteiger partial charge in [-0.25, -0.2) is 4.39 Å². The first-order valence-electron chi connectivity index (χ1n) is 5.96. The number of hydrogen-bond donors (Lipinski definition) is 2. The van der Waals surface area contributed by atoms with Crippen molar-refractivity contribution in [1.29, 1.82) is 5.41 Å². The molecule has 1 heterocycles. The third-order valence-corrected chi connectivity index (χ3v) is 2.79. The fourth-order valence-corrected chi connectivity index (χ4v) is 1.96. The van der Waals surface area contributed by atoms with E-state index < -0.39 is 0 Å². The molecular weight excluding hydrogens is 243 g/mol. The largest absolute Gasteiger partial charge is 0.382 e. The highest BCUT2D eigenvalue weighted by Crippen LogP contribution is 2.29. The van der Waals surface area contributed by atoms with Gasteiger partial charge in [0.05, 0.1) is 11.4 Å². The van der Waals surface area contributed by atoms with Crippen molar-refractivity contribution >= 4 is 17.2 Å². The summed E-state index contributed by atoms with van der Waals surface area (Å²) in [6.45, 7) is 2.45. The number of aromatic nitrogens is 1. The molecule has 0 spiro atoms. The monoisotopic (exact) mass is 258 g/mol. The van der Waals surface area contributed by atoms with Gasteiger partial charge in [-0.3, -0.25) is 10.4 Å². The van der Waals surface area contributed by atoms with Crippen molar-refractivity contribution < 1.29 is 4.39 Å². The fraction of sp³-hybridized carbons (Fsp3) is 0.143. The Hall–Kier alpha value is -2.43. The number of hydrogen-bond acceptors (Lipinski definition) is 3. The summed E-state index contributed by atoms with van der Waals surface area (Å²) in [6.07, 6.45) is 1.56. The predicted molar refractivity (Wildman–Crippen MR) is 74.3 cm³/mol. The Balaban J connectivity index is 2.55. The van der Waals surface area contributed by atoms with Gasteiger partial charge < -0.3 is 10.6 Å². The highest BCUT2D eigenvalue weighted by atomic mass is 19.1. The summed E-state index contributed by atoms with van der Waals surface area (Å²) >= 11 is 0. The molecule has 0 aliphatic carbocycles. The molecule has 5 heteroatoms. The SMILES string of the molecule is CCN(c1ccccc1F)c1cccnc1C(=N)N. The van der Waals surface area contributed by atoms with Crippen molar-refractivity contribution in [2.75, 3.05) is 11.4 Å². The van der Waals surface area contributed by atoms with Crippen LogP contribution in [-0.2, 0) is 0 Å². The lowest BCUT2D eigenvalue weighted by Gasteiger charge is -2.25. The molecule has 0 atom stereocenters. The molecule has 2 rings (SSSR count). The minimum absolute atomic E-state index is 0.134. The van der Waals surface area contributed by atoms with E-state index in [-0.39, 0.29) is 11.7 Å². The van der Waals surface area contributed by atoms with Crippen LogP contribution in [0.3, 0.4) is 0 Å². The molecule has 0 unspecified atom stereocenters. The van der Waals surface area contributed by atoms with Crippen molar-refractivity contribution in [1.82, 2.24) is 4.98 Å². The Morgan fingerprint density at radius 2 is 1.95 bits per heavy atom. The number of rotatable bonds is 4. The summed E-state index contributed by atoms with van der Waals surface area (Å²) in [5.74, 6) is -0.451. The molecule has 0 radical (unpaired) electrons. The minimum Gasteiger partial charge on any atom is -0.382 e. The number of nitrogens with zero attached hydrogens (tertiary/aromatic N) is 2. The van der Waals surface area contributed by atoms with Crippen LogP contribution in [0.25, 0.3) is 0 Å². The van der Waals surface area contributed by atoms with Crippen LogP contribution in [0.1, 0.15) is 12.6 Å². The Morgan fingerprint density at radius 3 is 2.58 bits per heavy atom. The first kappa shape index (κ1) is 13.0. The maximum absolute atomic E-state index is 13.9. The third kappa shape index (κ3) is 2.54. The molecule has 98 valence electrons. The smallest absolute Gasteiger partial charge is 0.146 e. The molecule has 0 aliphatic heterocycles. The van der Waals surface area contributed by atoms with Gasteiger partial charge in [-0.2, -0.15) is 0 Å². The van der Waals surface area contributed by atoms with Crippen molar-refractivity contribution in [3.63, 3.8) is 0 Å². The quantitative estimate of drug-likeness (QED) is 0.654. The van der Waals surface area contributed by atoms with E-state index in [9.17, 15) is 4.39 Å². The molecule has 4 nitrogen and oxygen atoms in total. The molecule has 0 fully saturated rings. The van der Waals surface area contributed by atoms with Crippen molar-refractivity contribution in [3.8, 4) is 0 Å². The minimum atomic E-state index is -0.317. The molecule has 0 saturated heterocycles. The van der Waals surface area contributed by atoms with Crippen LogP contribution in [0.4, 0.5) is 15.8 Å². The molecule has 2 aromatic rings. The van der Waals surface area contributed by atoms with Crippen LogP contribution in [-0.4, -0.2) is 17.4 Å². The number of para-hydroxylation sites is 1. The summed E-state index contributed by atoms with van der Waals surface area (Å²) < 4.78 is 13.9. The van der Waals surface area contributed by atoms with Crippen LogP contribution in [0.2, 0.25) is 0 Å². The Labute approximate surface area is 111 Å². The average molecular weight is 258 g/mol. The number of nitrogen functional groups attached to an aromatic ring is 1. The number of nitrogens with two attached hydrogens (primary N) is 1. The molecule has 0 amide bonds. The second-order valence-corrected chi connectivity index (χ2v) is 3.98. The van der Waals surface area contributed by atoms with Crippen molar-refractivity contribution in [2.24, 2.45) is 5.73 Å². The van der Waals surface area contributed by atoms with Gasteiger partial charge in [0.25, 0.3) is 0 Å². The van der Waals surface area contributed by atoms with E-state index in [0.29, 0.717) is 23.6 Å². The maximum atomic E-state index is 13.9. The lowest BCUT2D eigenvalue weighted by Crippen LogP contribution is -2.23. The number of benzene rings is 1. The first-order chi connectivity index (χ1) is 9.15. The second-order valence-electron chi connectivity index (χ2n) is 3.98. The fourth-order valence-electron chi connectivity index (χ4n) is 1.96. The van der Waals surface area contributed by atoms with Crippen LogP contribution in [0.5, 0.6) is 0 Å². The van der Waals surface area contributed by atoms with E-state index in [1.165, 1.54) is 6.07 Å². The number of pyridine rings is 1. The summed E-state index contributed by atoms with van der Waals surface area (Å²) in [5.41, 5.74) is 6.95. The lowest BCUT2D eigenvalue weighted by molar-refractivity contribution is 0.625. The van der Waals surface area contributed by atoms with Crippen LogP contribution < -0.4 is 10.6 Å². The zero-order chi connectivity index (χ0) is 13.8. The molecule has 19 heavy (non-hydrogen) atoms. The normalized spacial score (nSPS) is 10.2. The number of anilines is 2. The predicted octanol–water partition coefficient (Wildman–Crippen LogP) is 2.66. The topological polar surface area (TPSA) is 66.0 Å². The zero-order valence-electron chi connectivity index (χ0n) is 10.6. The van der Waals surface area contributed by atoms with Crippen molar-refractivity contribution in [3.05, 3.63) is 54.1 Å². The molecule has 1 aromatic carbocycles. The van der Waals surface area contributed by atoms with Gasteiger partial charge in [-0.05, 0) is 31.2 Å². The standard InChI is InChI=1S/C14H15FN4/c1-2-19(11-7-4-3-6-10(11)15)12-8-5-9-18-13(12)14(16)17/h3-9H,2H2,1H3,(H3,16,17). The Morgan fingerprint density at radius 1 is 1.26 bits per heavy atom. The van der Waals surface area contributed by atoms with Gasteiger partial charge in [0.15, 0.2) is 0 Å². The van der Waals surface area contributed by atoms with Gasteiger partial charge in [-0.1, -0.05) is 12.1 Å². The van der Waals surface area contributed by atoms with E-state index in [1.54, 1.807) is 41.4 Å². The van der Waals surface area contributed by atoms with E-state index in [1.807, 2.05) is 6.92 Å². The summed E-state index contributed by atoms with van der Waals surface area (Å²) in [4.78, 5) is 5.84. The summed E-state index contributed by atoms with van der Waals surface area (Å²) in [7, 11) is 0. The van der Waals surface area contributed by atoms with E-state index >= 15 is 0 Å². The highest BCUT2D eigenvalue weighted by Gasteiger charge is 2.16. The molecule has 3 N–H and O–H groups in total. The third-order valence-electron chi connectivity index (χ3n) is 2.79. The average Bonchev–Trinajstić information content (AvgIpc) is 2.42. The van der Waals surface area contributed by atoms with Gasteiger partial charge in [0, 0.05) is 12.7 Å². The van der Waals surface area contributed by atoms with Crippen LogP contribution in [0, 0.1) is 11.2 Å². The van der Waals surface area contributed by atoms with Gasteiger partial charge >= 0.3 is 0 Å². The van der Waals surface area contributed by atoms with Gasteiger partial charge in [0.1, 0.15) is 17.3 Å². The number of halogens is 1. The highest BCUT2D eigenvalue weighted by molar-refractivity contribution is 5.99. The van der Waals surface area contributed by atoms with E-state index in [2.05, 4.69) is 4.98 Å². The zero-order valence-corrected chi connectivity index (χ0v) is 10.6. The number of amidine groups is 1. The van der Waals surface area contributed by atoms with Crippen molar-refractivity contribution in [2.45, 2.75) is 6.92 Å². The van der Waals surface area contributed by atoms with Gasteiger partial charge in [0.2, 0.25) is 0 Å². The molecular formula is C14H15FN4. The first-order valence-corrected chi connectivity index (χ1v) is 5.96. The van der Waals surface area contributed by atoms with Gasteiger partial charge in [-0.15, -0.1) is 0 Å². The summed E-state index contributed by atoms with van der Waals surface area (Å²) in [5, 5.41) is 7.56. The van der Waals surface area contributed by atoms with Crippen LogP contribution >= 0.6 is 0 Å². The number of nitrogens with one attached hydrogen (secondary N) is 1. The lowest BCUT2D eigenvalue weighted by atomic mass is 10.2. The molecule has 0 aliphatic rings. The maximum Gasteiger partial charge on any atom is 0.146 e. The molecule has 0 saturated carbocycles. The molecule has 0 bridgehead atoms. The van der Waals surface area contributed by atoms with E-state index in [0.717, 1.165) is 0 Å². The van der Waals surface area contributed by atoms with E-state index in [4.69, 9.17) is 11.1 Å². The van der Waals surface area contributed by atoms with Crippen LogP contribution in [0.15, 0.2) is 42.6 Å².